The number of H-pyrrole nitrogens is 1. The fourth-order valence-corrected chi connectivity index (χ4v) is 3.01. The molecule has 3 aromatic rings. The van der Waals surface area contributed by atoms with E-state index in [1.165, 1.54) is 12.1 Å². The van der Waals surface area contributed by atoms with Crippen molar-refractivity contribution in [3.05, 3.63) is 72.2 Å². The average molecular weight is 380 g/mol. The van der Waals surface area contributed by atoms with Gasteiger partial charge in [-0.1, -0.05) is 18.2 Å². The third-order valence-electron chi connectivity index (χ3n) is 4.68. The van der Waals surface area contributed by atoms with Crippen molar-refractivity contribution < 1.29 is 9.18 Å². The molecule has 146 valence electrons. The molecule has 1 heterocycles. The minimum atomic E-state index is -0.255. The highest BCUT2D eigenvalue weighted by molar-refractivity contribution is 5.94. The van der Waals surface area contributed by atoms with Gasteiger partial charge < -0.3 is 4.90 Å². The SMILES string of the molecule is CN(CCCc1cc(-c2ccc(F)cc2)n[nH]1)CC(=O)N(C)c1ccccc1. The van der Waals surface area contributed by atoms with Crippen LogP contribution in [0.2, 0.25) is 0 Å². The van der Waals surface area contributed by atoms with Crippen LogP contribution in [0.1, 0.15) is 12.1 Å². The first-order valence-electron chi connectivity index (χ1n) is 9.33. The molecule has 1 aromatic heterocycles. The summed E-state index contributed by atoms with van der Waals surface area (Å²) in [7, 11) is 3.75. The Morgan fingerprint density at radius 1 is 1.07 bits per heavy atom. The normalized spacial score (nSPS) is 11.0. The quantitative estimate of drug-likeness (QED) is 0.648. The number of carbonyl (C=O) groups excluding carboxylic acids is 1. The molecule has 5 nitrogen and oxygen atoms in total. The van der Waals surface area contributed by atoms with Crippen molar-refractivity contribution in [3.8, 4) is 11.3 Å². The molecular formula is C22H25FN4O. The summed E-state index contributed by atoms with van der Waals surface area (Å²) in [5.74, 6) is -0.191. The van der Waals surface area contributed by atoms with Crippen molar-refractivity contribution in [2.45, 2.75) is 12.8 Å². The molecule has 3 rings (SSSR count). The molecule has 2 aromatic carbocycles. The van der Waals surface area contributed by atoms with Crippen molar-refractivity contribution in [1.29, 1.82) is 0 Å². The number of halogens is 1. The summed E-state index contributed by atoms with van der Waals surface area (Å²) >= 11 is 0. The Morgan fingerprint density at radius 2 is 1.79 bits per heavy atom. The van der Waals surface area contributed by atoms with Crippen molar-refractivity contribution in [2.24, 2.45) is 0 Å². The van der Waals surface area contributed by atoms with Gasteiger partial charge in [-0.2, -0.15) is 5.10 Å². The Bertz CT molecular complexity index is 892. The highest BCUT2D eigenvalue weighted by Gasteiger charge is 2.13. The summed E-state index contributed by atoms with van der Waals surface area (Å²) in [5, 5.41) is 7.33. The molecule has 0 aliphatic rings. The van der Waals surface area contributed by atoms with E-state index in [2.05, 4.69) is 10.2 Å². The lowest BCUT2D eigenvalue weighted by molar-refractivity contribution is -0.119. The zero-order valence-electron chi connectivity index (χ0n) is 16.2. The number of rotatable bonds is 8. The number of para-hydroxylation sites is 1. The fraction of sp³-hybridized carbons (Fsp3) is 0.273. The third-order valence-corrected chi connectivity index (χ3v) is 4.68. The molecule has 1 amide bonds. The van der Waals surface area contributed by atoms with E-state index in [1.807, 2.05) is 48.3 Å². The molecule has 0 bridgehead atoms. The Hall–Kier alpha value is -2.99. The number of carbonyl (C=O) groups is 1. The molecule has 0 spiro atoms. The summed E-state index contributed by atoms with van der Waals surface area (Å²) in [6.07, 6.45) is 1.74. The van der Waals surface area contributed by atoms with Gasteiger partial charge >= 0.3 is 0 Å². The second-order valence-electron chi connectivity index (χ2n) is 6.91. The van der Waals surface area contributed by atoms with Crippen LogP contribution in [0.5, 0.6) is 0 Å². The van der Waals surface area contributed by atoms with Gasteiger partial charge in [0.1, 0.15) is 5.82 Å². The lowest BCUT2D eigenvalue weighted by Gasteiger charge is -2.21. The maximum absolute atomic E-state index is 13.0. The topological polar surface area (TPSA) is 52.2 Å². The minimum absolute atomic E-state index is 0.0637. The van der Waals surface area contributed by atoms with E-state index in [-0.39, 0.29) is 11.7 Å². The van der Waals surface area contributed by atoms with E-state index in [0.717, 1.165) is 42.0 Å². The van der Waals surface area contributed by atoms with Gasteiger partial charge in [0.2, 0.25) is 5.91 Å². The van der Waals surface area contributed by atoms with Gasteiger partial charge in [0.15, 0.2) is 0 Å². The predicted molar refractivity (Wildman–Crippen MR) is 110 cm³/mol. The second-order valence-corrected chi connectivity index (χ2v) is 6.91. The standard InChI is InChI=1S/C22H25FN4O/c1-26(16-22(28)27(2)20-8-4-3-5-9-20)14-6-7-19-15-21(25-24-19)17-10-12-18(23)13-11-17/h3-5,8-13,15H,6-7,14,16H2,1-2H3,(H,24,25). The Balaban J connectivity index is 1.45. The van der Waals surface area contributed by atoms with Crippen LogP contribution in [0, 0.1) is 5.82 Å². The van der Waals surface area contributed by atoms with E-state index >= 15 is 0 Å². The van der Waals surface area contributed by atoms with Crippen LogP contribution < -0.4 is 4.90 Å². The van der Waals surface area contributed by atoms with Gasteiger partial charge in [0.25, 0.3) is 0 Å². The molecule has 0 aliphatic carbocycles. The predicted octanol–water partition coefficient (Wildman–Crippen LogP) is 3.74. The van der Waals surface area contributed by atoms with Crippen LogP contribution >= 0.6 is 0 Å². The minimum Gasteiger partial charge on any atom is -0.314 e. The molecule has 0 aliphatic heterocycles. The van der Waals surface area contributed by atoms with E-state index in [1.54, 1.807) is 24.1 Å². The second kappa shape index (κ2) is 9.28. The first kappa shape index (κ1) is 19.8. The van der Waals surface area contributed by atoms with Crippen LogP contribution in [0.3, 0.4) is 0 Å². The first-order chi connectivity index (χ1) is 13.5. The molecule has 0 saturated carbocycles. The van der Waals surface area contributed by atoms with Gasteiger partial charge in [-0.15, -0.1) is 0 Å². The van der Waals surface area contributed by atoms with Gasteiger partial charge in [0.05, 0.1) is 12.2 Å². The van der Waals surface area contributed by atoms with Crippen LogP contribution in [-0.2, 0) is 11.2 Å². The Labute approximate surface area is 164 Å². The summed E-state index contributed by atoms with van der Waals surface area (Å²) in [6, 6.07) is 17.9. The summed E-state index contributed by atoms with van der Waals surface area (Å²) in [5.41, 5.74) is 3.62. The molecular weight excluding hydrogens is 355 g/mol. The molecule has 28 heavy (non-hydrogen) atoms. The molecule has 0 saturated heterocycles. The largest absolute Gasteiger partial charge is 0.314 e. The molecule has 6 heteroatoms. The molecule has 1 N–H and O–H groups in total. The third kappa shape index (κ3) is 5.27. The maximum Gasteiger partial charge on any atom is 0.240 e. The number of anilines is 1. The van der Waals surface area contributed by atoms with E-state index < -0.39 is 0 Å². The first-order valence-corrected chi connectivity index (χ1v) is 9.33. The molecule has 0 atom stereocenters. The van der Waals surface area contributed by atoms with Crippen LogP contribution in [-0.4, -0.2) is 48.2 Å². The maximum atomic E-state index is 13.0. The van der Waals surface area contributed by atoms with E-state index in [0.29, 0.717) is 6.54 Å². The molecule has 0 radical (unpaired) electrons. The van der Waals surface area contributed by atoms with Gasteiger partial charge in [-0.05, 0) is 68.9 Å². The van der Waals surface area contributed by atoms with Crippen molar-refractivity contribution >= 4 is 11.6 Å². The molecule has 0 fully saturated rings. The monoisotopic (exact) mass is 380 g/mol. The number of hydrogen-bond acceptors (Lipinski definition) is 3. The number of benzene rings is 2. The van der Waals surface area contributed by atoms with Crippen molar-refractivity contribution in [1.82, 2.24) is 15.1 Å². The highest BCUT2D eigenvalue weighted by atomic mass is 19.1. The Morgan fingerprint density at radius 3 is 2.50 bits per heavy atom. The number of nitrogens with zero attached hydrogens (tertiary/aromatic N) is 3. The number of aromatic amines is 1. The number of amides is 1. The fourth-order valence-electron chi connectivity index (χ4n) is 3.01. The van der Waals surface area contributed by atoms with Crippen molar-refractivity contribution in [3.63, 3.8) is 0 Å². The van der Waals surface area contributed by atoms with Gasteiger partial charge in [-0.25, -0.2) is 4.39 Å². The number of hydrogen-bond donors (Lipinski definition) is 1. The zero-order valence-corrected chi connectivity index (χ0v) is 16.2. The summed E-state index contributed by atoms with van der Waals surface area (Å²) < 4.78 is 13.0. The summed E-state index contributed by atoms with van der Waals surface area (Å²) in [4.78, 5) is 16.1. The van der Waals surface area contributed by atoms with E-state index in [4.69, 9.17) is 0 Å². The smallest absolute Gasteiger partial charge is 0.240 e. The lowest BCUT2D eigenvalue weighted by Crippen LogP contribution is -2.37. The lowest BCUT2D eigenvalue weighted by atomic mass is 10.1. The average Bonchev–Trinajstić information content (AvgIpc) is 3.17. The Kier molecular flexibility index (Phi) is 6.55. The molecule has 0 unspecified atom stereocenters. The van der Waals surface area contributed by atoms with Crippen molar-refractivity contribution in [2.75, 3.05) is 32.1 Å². The number of aryl methyl sites for hydroxylation is 1. The van der Waals surface area contributed by atoms with E-state index in [9.17, 15) is 9.18 Å². The number of likely N-dealkylation sites (N-methyl/N-ethyl adjacent to an activating group) is 2. The van der Waals surface area contributed by atoms with Crippen LogP contribution in [0.15, 0.2) is 60.7 Å². The summed E-state index contributed by atoms with van der Waals surface area (Å²) in [6.45, 7) is 1.18. The zero-order chi connectivity index (χ0) is 19.9. The highest BCUT2D eigenvalue weighted by Crippen LogP contribution is 2.18. The number of nitrogens with one attached hydrogen (secondary N) is 1. The van der Waals surface area contributed by atoms with Crippen LogP contribution in [0.4, 0.5) is 10.1 Å². The van der Waals surface area contributed by atoms with Gasteiger partial charge in [-0.3, -0.25) is 14.8 Å². The van der Waals surface area contributed by atoms with Gasteiger partial charge in [0, 0.05) is 24.0 Å². The number of aromatic nitrogens is 2. The van der Waals surface area contributed by atoms with Crippen LogP contribution in [0.25, 0.3) is 11.3 Å².